The second-order valence-electron chi connectivity index (χ2n) is 2.77. The Labute approximate surface area is 92.9 Å². The van der Waals surface area contributed by atoms with Crippen LogP contribution in [0.25, 0.3) is 11.3 Å². The molecule has 6 heteroatoms. The summed E-state index contributed by atoms with van der Waals surface area (Å²) in [6, 6.07) is 1.71. The maximum Gasteiger partial charge on any atom is 0.341 e. The highest BCUT2D eigenvalue weighted by atomic mass is 79.9. The quantitative estimate of drug-likeness (QED) is 0.904. The zero-order chi connectivity index (χ0) is 10.8. The van der Waals surface area contributed by atoms with E-state index in [1.165, 1.54) is 12.4 Å². The first kappa shape index (κ1) is 9.85. The molecule has 2 aromatic rings. The molecule has 0 fully saturated rings. The third kappa shape index (κ3) is 1.89. The van der Waals surface area contributed by atoms with Crippen molar-refractivity contribution < 1.29 is 14.4 Å². The van der Waals surface area contributed by atoms with Gasteiger partial charge in [-0.15, -0.1) is 0 Å². The van der Waals surface area contributed by atoms with Gasteiger partial charge < -0.3 is 9.63 Å². The van der Waals surface area contributed by atoms with Gasteiger partial charge in [0.1, 0.15) is 5.56 Å². The van der Waals surface area contributed by atoms with Gasteiger partial charge in [-0.3, -0.25) is 4.98 Å². The topological polar surface area (TPSA) is 76.2 Å². The minimum atomic E-state index is -1.08. The van der Waals surface area contributed by atoms with Crippen LogP contribution in [0.3, 0.4) is 0 Å². The lowest BCUT2D eigenvalue weighted by Gasteiger charge is -1.97. The molecule has 0 amide bonds. The number of pyridine rings is 1. The molecule has 15 heavy (non-hydrogen) atoms. The number of nitrogens with zero attached hydrogens (tertiary/aromatic N) is 2. The van der Waals surface area contributed by atoms with Crippen molar-refractivity contribution in [1.82, 2.24) is 10.1 Å². The zero-order valence-electron chi connectivity index (χ0n) is 7.35. The van der Waals surface area contributed by atoms with Gasteiger partial charge in [0.15, 0.2) is 5.76 Å². The molecule has 0 saturated carbocycles. The van der Waals surface area contributed by atoms with Crippen molar-refractivity contribution in [3.05, 3.63) is 34.7 Å². The summed E-state index contributed by atoms with van der Waals surface area (Å²) in [6.07, 6.45) is 4.27. The Morgan fingerprint density at radius 3 is 2.87 bits per heavy atom. The average Bonchev–Trinajstić information content (AvgIpc) is 2.65. The minimum Gasteiger partial charge on any atom is -0.477 e. The number of carbonyl (C=O) groups is 1. The largest absolute Gasteiger partial charge is 0.477 e. The molecule has 2 heterocycles. The first-order valence-electron chi connectivity index (χ1n) is 3.97. The number of halogens is 1. The summed E-state index contributed by atoms with van der Waals surface area (Å²) in [7, 11) is 0. The van der Waals surface area contributed by atoms with E-state index in [0.717, 1.165) is 4.47 Å². The summed E-state index contributed by atoms with van der Waals surface area (Å²) >= 11 is 3.24. The van der Waals surface area contributed by atoms with E-state index in [-0.39, 0.29) is 11.3 Å². The summed E-state index contributed by atoms with van der Waals surface area (Å²) in [5, 5.41) is 12.3. The number of carboxylic acid groups (broad SMARTS) is 1. The minimum absolute atomic E-state index is 0.0231. The Bertz CT molecular complexity index is 510. The molecule has 0 aromatic carbocycles. The fourth-order valence-corrected chi connectivity index (χ4v) is 1.50. The smallest absolute Gasteiger partial charge is 0.341 e. The fourth-order valence-electron chi connectivity index (χ4n) is 1.14. The Morgan fingerprint density at radius 1 is 1.40 bits per heavy atom. The third-order valence-corrected chi connectivity index (χ3v) is 2.20. The molecule has 0 aliphatic rings. The predicted molar refractivity (Wildman–Crippen MR) is 54.4 cm³/mol. The number of carboxylic acids is 1. The highest BCUT2D eigenvalue weighted by Gasteiger charge is 2.16. The maximum atomic E-state index is 10.8. The highest BCUT2D eigenvalue weighted by molar-refractivity contribution is 9.10. The van der Waals surface area contributed by atoms with Gasteiger partial charge in [0.05, 0.1) is 6.20 Å². The number of aromatic nitrogens is 2. The first-order valence-corrected chi connectivity index (χ1v) is 4.76. The fraction of sp³-hybridized carbons (Fsp3) is 0. The van der Waals surface area contributed by atoms with Crippen molar-refractivity contribution >= 4 is 21.9 Å². The lowest BCUT2D eigenvalue weighted by Crippen LogP contribution is -1.96. The Hall–Kier alpha value is -1.69. The molecule has 0 aliphatic carbocycles. The molecule has 0 saturated heterocycles. The predicted octanol–water partition coefficient (Wildman–Crippen LogP) is 2.20. The molecule has 5 nitrogen and oxygen atoms in total. The molecule has 0 radical (unpaired) electrons. The van der Waals surface area contributed by atoms with Gasteiger partial charge in [-0.25, -0.2) is 4.79 Å². The van der Waals surface area contributed by atoms with E-state index in [9.17, 15) is 4.79 Å². The molecule has 1 N–H and O–H groups in total. The van der Waals surface area contributed by atoms with E-state index < -0.39 is 5.97 Å². The number of hydrogen-bond acceptors (Lipinski definition) is 4. The van der Waals surface area contributed by atoms with Gasteiger partial charge in [0.2, 0.25) is 0 Å². The van der Waals surface area contributed by atoms with Gasteiger partial charge in [-0.05, 0) is 22.0 Å². The van der Waals surface area contributed by atoms with Crippen LogP contribution in [0.2, 0.25) is 0 Å². The van der Waals surface area contributed by atoms with Crippen LogP contribution in [0.1, 0.15) is 10.4 Å². The van der Waals surface area contributed by atoms with Crippen LogP contribution in [0.15, 0.2) is 33.7 Å². The van der Waals surface area contributed by atoms with Crippen molar-refractivity contribution in [2.45, 2.75) is 0 Å². The molecule has 2 rings (SSSR count). The Morgan fingerprint density at radius 2 is 2.20 bits per heavy atom. The summed E-state index contributed by atoms with van der Waals surface area (Å²) in [4.78, 5) is 14.7. The molecule has 0 aliphatic heterocycles. The summed E-state index contributed by atoms with van der Waals surface area (Å²) in [6.45, 7) is 0. The van der Waals surface area contributed by atoms with Crippen LogP contribution in [0.5, 0.6) is 0 Å². The van der Waals surface area contributed by atoms with Crippen molar-refractivity contribution in [3.63, 3.8) is 0 Å². The number of rotatable bonds is 2. The van der Waals surface area contributed by atoms with Gasteiger partial charge in [-0.2, -0.15) is 0 Å². The van der Waals surface area contributed by atoms with E-state index in [1.54, 1.807) is 12.3 Å². The standard InChI is InChI=1S/C9H5BrN2O3/c10-6-1-5(2-11-3-6)8-7(9(13)14)4-12-15-8/h1-4H,(H,13,14). The van der Waals surface area contributed by atoms with Crippen LogP contribution in [-0.4, -0.2) is 21.2 Å². The van der Waals surface area contributed by atoms with E-state index in [0.29, 0.717) is 5.56 Å². The zero-order valence-corrected chi connectivity index (χ0v) is 8.93. The van der Waals surface area contributed by atoms with Gasteiger partial charge in [0.25, 0.3) is 0 Å². The van der Waals surface area contributed by atoms with Gasteiger partial charge >= 0.3 is 5.97 Å². The normalized spacial score (nSPS) is 10.2. The SMILES string of the molecule is O=C(O)c1cnoc1-c1cncc(Br)c1. The molecule has 0 spiro atoms. The second kappa shape index (κ2) is 3.82. The van der Waals surface area contributed by atoms with Crippen molar-refractivity contribution in [2.24, 2.45) is 0 Å². The number of hydrogen-bond donors (Lipinski definition) is 1. The average molecular weight is 269 g/mol. The molecule has 76 valence electrons. The van der Waals surface area contributed by atoms with Gasteiger partial charge in [-0.1, -0.05) is 5.16 Å². The van der Waals surface area contributed by atoms with Crippen LogP contribution < -0.4 is 0 Å². The summed E-state index contributed by atoms with van der Waals surface area (Å²) in [5.74, 6) is -0.873. The van der Waals surface area contributed by atoms with Gasteiger partial charge in [0, 0.05) is 22.4 Å². The van der Waals surface area contributed by atoms with Crippen LogP contribution in [0, 0.1) is 0 Å². The van der Waals surface area contributed by atoms with Crippen molar-refractivity contribution in [2.75, 3.05) is 0 Å². The highest BCUT2D eigenvalue weighted by Crippen LogP contribution is 2.24. The molecule has 0 bridgehead atoms. The van der Waals surface area contributed by atoms with Crippen LogP contribution in [-0.2, 0) is 0 Å². The lowest BCUT2D eigenvalue weighted by atomic mass is 10.1. The summed E-state index contributed by atoms with van der Waals surface area (Å²) < 4.78 is 5.62. The van der Waals surface area contributed by atoms with Crippen LogP contribution in [0.4, 0.5) is 0 Å². The van der Waals surface area contributed by atoms with E-state index >= 15 is 0 Å². The van der Waals surface area contributed by atoms with Crippen molar-refractivity contribution in [1.29, 1.82) is 0 Å². The monoisotopic (exact) mass is 268 g/mol. The van der Waals surface area contributed by atoms with E-state index in [4.69, 9.17) is 9.63 Å². The third-order valence-electron chi connectivity index (χ3n) is 1.77. The first-order chi connectivity index (χ1) is 7.18. The Balaban J connectivity index is 2.54. The molecule has 2 aromatic heterocycles. The lowest BCUT2D eigenvalue weighted by molar-refractivity contribution is 0.0697. The molecular formula is C9H5BrN2O3. The van der Waals surface area contributed by atoms with E-state index in [2.05, 4.69) is 26.1 Å². The van der Waals surface area contributed by atoms with Crippen molar-refractivity contribution in [3.8, 4) is 11.3 Å². The molecule has 0 unspecified atom stereocenters. The summed E-state index contributed by atoms with van der Waals surface area (Å²) in [5.41, 5.74) is 0.592. The number of aromatic carboxylic acids is 1. The van der Waals surface area contributed by atoms with E-state index in [1.807, 2.05) is 0 Å². The second-order valence-corrected chi connectivity index (χ2v) is 3.68. The maximum absolute atomic E-state index is 10.8. The Kier molecular flexibility index (Phi) is 2.51. The molecule has 0 atom stereocenters. The molecular weight excluding hydrogens is 264 g/mol. The van der Waals surface area contributed by atoms with Crippen LogP contribution >= 0.6 is 15.9 Å².